The van der Waals surface area contributed by atoms with E-state index in [2.05, 4.69) is 126 Å². The monoisotopic (exact) mass is 613 g/mol. The molecule has 0 bridgehead atoms. The minimum absolute atomic E-state index is 0.681. The van der Waals surface area contributed by atoms with E-state index in [4.69, 9.17) is 14.4 Å². The molecule has 48 heavy (non-hydrogen) atoms. The highest BCUT2D eigenvalue weighted by atomic mass is 16.3. The number of benzene rings is 7. The van der Waals surface area contributed by atoms with Crippen molar-refractivity contribution in [2.75, 3.05) is 0 Å². The topological polar surface area (TPSA) is 43.9 Å². The molecule has 0 spiro atoms. The Hall–Kier alpha value is -6.52. The van der Waals surface area contributed by atoms with Crippen LogP contribution in [0.5, 0.6) is 0 Å². The minimum atomic E-state index is 0.681. The second-order valence-corrected chi connectivity index (χ2v) is 12.2. The van der Waals surface area contributed by atoms with Crippen LogP contribution in [-0.2, 0) is 0 Å². The summed E-state index contributed by atoms with van der Waals surface area (Å²) < 4.78 is 8.95. The summed E-state index contributed by atoms with van der Waals surface area (Å²) in [6.07, 6.45) is 0. The fourth-order valence-corrected chi connectivity index (χ4v) is 7.21. The Bertz CT molecular complexity index is 2830. The Morgan fingerprint density at radius 1 is 0.438 bits per heavy atom. The highest BCUT2D eigenvalue weighted by Crippen LogP contribution is 2.40. The number of hydrogen-bond donors (Lipinski definition) is 0. The first-order valence-corrected chi connectivity index (χ1v) is 16.2. The molecular formula is C44H27N3O. The van der Waals surface area contributed by atoms with Crippen molar-refractivity contribution in [3.05, 3.63) is 164 Å². The normalized spacial score (nSPS) is 11.8. The van der Waals surface area contributed by atoms with E-state index >= 15 is 0 Å². The van der Waals surface area contributed by atoms with Gasteiger partial charge < -0.3 is 8.98 Å². The number of furan rings is 1. The third-order valence-electron chi connectivity index (χ3n) is 9.41. The number of aromatic nitrogens is 3. The fraction of sp³-hybridized carbons (Fsp3) is 0. The van der Waals surface area contributed by atoms with Crippen molar-refractivity contribution < 1.29 is 4.42 Å². The number of rotatable bonds is 4. The van der Waals surface area contributed by atoms with Gasteiger partial charge in [-0.05, 0) is 47.5 Å². The molecule has 3 heterocycles. The highest BCUT2D eigenvalue weighted by molar-refractivity contribution is 6.14. The molecule has 4 nitrogen and oxygen atoms in total. The molecule has 0 amide bonds. The largest absolute Gasteiger partial charge is 0.456 e. The van der Waals surface area contributed by atoms with Gasteiger partial charge in [-0.1, -0.05) is 121 Å². The Morgan fingerprint density at radius 3 is 2.00 bits per heavy atom. The molecule has 0 atom stereocenters. The molecular weight excluding hydrogens is 587 g/mol. The third-order valence-corrected chi connectivity index (χ3v) is 9.41. The van der Waals surface area contributed by atoms with Gasteiger partial charge in [0.1, 0.15) is 11.2 Å². The van der Waals surface area contributed by atoms with Crippen molar-refractivity contribution in [1.29, 1.82) is 0 Å². The third kappa shape index (κ3) is 4.10. The van der Waals surface area contributed by atoms with Crippen molar-refractivity contribution in [2.24, 2.45) is 0 Å². The van der Waals surface area contributed by atoms with Gasteiger partial charge in [0.15, 0.2) is 5.82 Å². The molecule has 0 aliphatic carbocycles. The van der Waals surface area contributed by atoms with Gasteiger partial charge in [-0.15, -0.1) is 0 Å². The number of hydrogen-bond acceptors (Lipinski definition) is 3. The first kappa shape index (κ1) is 26.7. The summed E-state index contributed by atoms with van der Waals surface area (Å²) in [6, 6.07) is 57.2. The molecule has 10 aromatic rings. The molecule has 0 unspecified atom stereocenters. The van der Waals surface area contributed by atoms with E-state index in [-0.39, 0.29) is 0 Å². The standard InChI is InChI=1S/C44H27N3O/c1-3-12-28(13-4-1)30-22-24-33-32-16-8-10-20-38(32)47(39(33)26-30)31-23-25-35-41(27-31)48-40-21-11-18-36(42(35)40)44-45-37-19-9-7-17-34(37)43(46-44)29-14-5-2-6-15-29/h1-27H. The molecule has 0 fully saturated rings. The predicted octanol–water partition coefficient (Wildman–Crippen LogP) is 11.6. The van der Waals surface area contributed by atoms with Crippen LogP contribution < -0.4 is 0 Å². The maximum atomic E-state index is 6.60. The van der Waals surface area contributed by atoms with Crippen molar-refractivity contribution in [3.8, 4) is 39.5 Å². The summed E-state index contributed by atoms with van der Waals surface area (Å²) in [4.78, 5) is 10.3. The first-order valence-electron chi connectivity index (χ1n) is 16.2. The zero-order valence-electron chi connectivity index (χ0n) is 25.8. The van der Waals surface area contributed by atoms with E-state index in [9.17, 15) is 0 Å². The van der Waals surface area contributed by atoms with Crippen LogP contribution in [0.2, 0.25) is 0 Å². The smallest absolute Gasteiger partial charge is 0.161 e. The Balaban J connectivity index is 1.18. The van der Waals surface area contributed by atoms with Gasteiger partial charge in [0.05, 0.1) is 22.2 Å². The summed E-state index contributed by atoms with van der Waals surface area (Å²) in [5.74, 6) is 0.681. The van der Waals surface area contributed by atoms with Gasteiger partial charge in [0.25, 0.3) is 0 Å². The van der Waals surface area contributed by atoms with E-state index < -0.39 is 0 Å². The van der Waals surface area contributed by atoms with Gasteiger partial charge in [0.2, 0.25) is 0 Å². The van der Waals surface area contributed by atoms with Crippen LogP contribution in [-0.4, -0.2) is 14.5 Å². The van der Waals surface area contributed by atoms with Crippen LogP contribution in [0.1, 0.15) is 0 Å². The maximum absolute atomic E-state index is 6.60. The highest BCUT2D eigenvalue weighted by Gasteiger charge is 2.19. The molecule has 0 saturated heterocycles. The quantitative estimate of drug-likeness (QED) is 0.198. The lowest BCUT2D eigenvalue weighted by atomic mass is 10.0. The van der Waals surface area contributed by atoms with Gasteiger partial charge >= 0.3 is 0 Å². The average Bonchev–Trinajstić information content (AvgIpc) is 3.70. The van der Waals surface area contributed by atoms with Crippen LogP contribution in [0.15, 0.2) is 168 Å². The van der Waals surface area contributed by atoms with E-state index in [0.717, 1.165) is 66.4 Å². The Kier molecular flexibility index (Phi) is 5.84. The lowest BCUT2D eigenvalue weighted by Crippen LogP contribution is -1.95. The van der Waals surface area contributed by atoms with Crippen molar-refractivity contribution >= 4 is 54.6 Å². The molecule has 224 valence electrons. The lowest BCUT2D eigenvalue weighted by Gasteiger charge is -2.10. The lowest BCUT2D eigenvalue weighted by molar-refractivity contribution is 0.668. The Morgan fingerprint density at radius 2 is 1.15 bits per heavy atom. The summed E-state index contributed by atoms with van der Waals surface area (Å²) in [5.41, 5.74) is 11.2. The van der Waals surface area contributed by atoms with E-state index in [1.54, 1.807) is 0 Å². The van der Waals surface area contributed by atoms with E-state index in [0.29, 0.717) is 5.82 Å². The van der Waals surface area contributed by atoms with E-state index in [1.165, 1.54) is 21.9 Å². The molecule has 7 aromatic carbocycles. The second-order valence-electron chi connectivity index (χ2n) is 12.2. The zero-order chi connectivity index (χ0) is 31.6. The van der Waals surface area contributed by atoms with Gasteiger partial charge in [-0.25, -0.2) is 9.97 Å². The van der Waals surface area contributed by atoms with Crippen LogP contribution in [0.4, 0.5) is 0 Å². The second kappa shape index (κ2) is 10.5. The Labute approximate surface area is 276 Å². The molecule has 0 aliphatic heterocycles. The molecule has 0 aliphatic rings. The maximum Gasteiger partial charge on any atom is 0.161 e. The van der Waals surface area contributed by atoms with Gasteiger partial charge in [-0.2, -0.15) is 0 Å². The number of para-hydroxylation sites is 2. The molecule has 0 saturated carbocycles. The van der Waals surface area contributed by atoms with Crippen LogP contribution in [0.25, 0.3) is 94.1 Å². The van der Waals surface area contributed by atoms with Crippen molar-refractivity contribution in [1.82, 2.24) is 14.5 Å². The molecule has 10 rings (SSSR count). The predicted molar refractivity (Wildman–Crippen MR) is 197 cm³/mol. The summed E-state index contributed by atoms with van der Waals surface area (Å²) >= 11 is 0. The van der Waals surface area contributed by atoms with Gasteiger partial charge in [-0.3, -0.25) is 0 Å². The van der Waals surface area contributed by atoms with E-state index in [1.807, 2.05) is 42.5 Å². The average molecular weight is 614 g/mol. The van der Waals surface area contributed by atoms with Crippen LogP contribution in [0.3, 0.4) is 0 Å². The number of fused-ring (bicyclic) bond motifs is 7. The van der Waals surface area contributed by atoms with Crippen LogP contribution in [0, 0.1) is 0 Å². The first-order chi connectivity index (χ1) is 23.8. The van der Waals surface area contributed by atoms with Crippen LogP contribution >= 0.6 is 0 Å². The van der Waals surface area contributed by atoms with Crippen molar-refractivity contribution in [2.45, 2.75) is 0 Å². The zero-order valence-corrected chi connectivity index (χ0v) is 25.8. The molecule has 0 N–H and O–H groups in total. The molecule has 3 aromatic heterocycles. The summed E-state index contributed by atoms with van der Waals surface area (Å²) in [7, 11) is 0. The molecule has 4 heteroatoms. The van der Waals surface area contributed by atoms with Crippen molar-refractivity contribution in [3.63, 3.8) is 0 Å². The SMILES string of the molecule is c1ccc(-c2ccc3c4ccccc4n(-c4ccc5c(c4)oc4cccc(-c6nc(-c7ccccc7)c7ccccc7n6)c45)c3c2)cc1. The molecule has 0 radical (unpaired) electrons. The number of nitrogens with zero attached hydrogens (tertiary/aromatic N) is 3. The summed E-state index contributed by atoms with van der Waals surface area (Å²) in [6.45, 7) is 0. The minimum Gasteiger partial charge on any atom is -0.456 e. The fourth-order valence-electron chi connectivity index (χ4n) is 7.21. The van der Waals surface area contributed by atoms with Gasteiger partial charge in [0, 0.05) is 49.8 Å². The summed E-state index contributed by atoms with van der Waals surface area (Å²) in [5, 5.41) is 5.53.